The molecule has 2 aromatic carbocycles. The zero-order valence-corrected chi connectivity index (χ0v) is 16.0. The molecule has 2 atom stereocenters. The highest BCUT2D eigenvalue weighted by atomic mass is 19.1. The van der Waals surface area contributed by atoms with Crippen molar-refractivity contribution in [1.82, 2.24) is 4.90 Å². The van der Waals surface area contributed by atoms with E-state index in [1.165, 1.54) is 4.90 Å². The standard InChI is InChI=1S/C22H23F2NO3/c1-22(2,3)28-21(27)25-19(14-7-5-4-6-8-14)12-17(20(25)13-26)16-11-15(23)9-10-18(16)24/h4-12,19-20,26H,13H2,1-3H3. The number of benzene rings is 2. The number of hydrogen-bond acceptors (Lipinski definition) is 3. The average Bonchev–Trinajstić information content (AvgIpc) is 3.02. The number of nitrogens with zero attached hydrogens (tertiary/aromatic N) is 1. The topological polar surface area (TPSA) is 49.8 Å². The van der Waals surface area contributed by atoms with E-state index in [-0.39, 0.29) is 5.56 Å². The van der Waals surface area contributed by atoms with Crippen LogP contribution in [0.3, 0.4) is 0 Å². The van der Waals surface area contributed by atoms with Gasteiger partial charge in [0.15, 0.2) is 0 Å². The normalized spacial score (nSPS) is 19.5. The number of carbonyl (C=O) groups excluding carboxylic acids is 1. The molecular formula is C22H23F2NO3. The van der Waals surface area contributed by atoms with Gasteiger partial charge in [-0.05, 0) is 50.1 Å². The second-order valence-electron chi connectivity index (χ2n) is 7.69. The fraction of sp³-hybridized carbons (Fsp3) is 0.318. The lowest BCUT2D eigenvalue weighted by Gasteiger charge is -2.33. The summed E-state index contributed by atoms with van der Waals surface area (Å²) in [6, 6.07) is 10.9. The number of hydrogen-bond donors (Lipinski definition) is 1. The van der Waals surface area contributed by atoms with Gasteiger partial charge in [0.25, 0.3) is 0 Å². The maximum Gasteiger partial charge on any atom is 0.411 e. The minimum Gasteiger partial charge on any atom is -0.444 e. The summed E-state index contributed by atoms with van der Waals surface area (Å²) in [4.78, 5) is 14.3. The number of halogens is 2. The van der Waals surface area contributed by atoms with Crippen LogP contribution in [0.2, 0.25) is 0 Å². The van der Waals surface area contributed by atoms with Gasteiger partial charge in [-0.1, -0.05) is 36.4 Å². The molecule has 6 heteroatoms. The first kappa shape index (κ1) is 20.0. The first-order valence-electron chi connectivity index (χ1n) is 9.05. The van der Waals surface area contributed by atoms with Crippen LogP contribution in [0.1, 0.15) is 37.9 Å². The Labute approximate surface area is 163 Å². The predicted molar refractivity (Wildman–Crippen MR) is 102 cm³/mol. The van der Waals surface area contributed by atoms with Crippen LogP contribution in [0.15, 0.2) is 54.6 Å². The first-order valence-corrected chi connectivity index (χ1v) is 9.05. The molecule has 28 heavy (non-hydrogen) atoms. The molecule has 0 saturated carbocycles. The van der Waals surface area contributed by atoms with E-state index in [1.807, 2.05) is 30.3 Å². The molecule has 0 radical (unpaired) electrons. The summed E-state index contributed by atoms with van der Waals surface area (Å²) < 4.78 is 33.7. The maximum atomic E-state index is 14.4. The van der Waals surface area contributed by atoms with Gasteiger partial charge in [-0.2, -0.15) is 0 Å². The van der Waals surface area contributed by atoms with Crippen LogP contribution in [0.25, 0.3) is 5.57 Å². The molecule has 3 rings (SSSR count). The van der Waals surface area contributed by atoms with Gasteiger partial charge >= 0.3 is 6.09 Å². The summed E-state index contributed by atoms with van der Waals surface area (Å²) in [5.74, 6) is -1.22. The minimum atomic E-state index is -0.864. The number of carbonyl (C=O) groups is 1. The van der Waals surface area contributed by atoms with Crippen LogP contribution < -0.4 is 0 Å². The Hall–Kier alpha value is -2.73. The summed E-state index contributed by atoms with van der Waals surface area (Å²) in [5, 5.41) is 10.0. The van der Waals surface area contributed by atoms with E-state index in [0.717, 1.165) is 23.8 Å². The van der Waals surface area contributed by atoms with Crippen molar-refractivity contribution < 1.29 is 23.4 Å². The monoisotopic (exact) mass is 387 g/mol. The molecule has 2 aromatic rings. The highest BCUT2D eigenvalue weighted by Crippen LogP contribution is 2.41. The third-order valence-corrected chi connectivity index (χ3v) is 4.49. The Bertz CT molecular complexity index is 890. The number of amides is 1. The zero-order valence-electron chi connectivity index (χ0n) is 16.0. The van der Waals surface area contributed by atoms with Gasteiger partial charge < -0.3 is 9.84 Å². The molecule has 1 amide bonds. The van der Waals surface area contributed by atoms with Gasteiger partial charge in [0.1, 0.15) is 17.2 Å². The Kier molecular flexibility index (Phi) is 5.52. The molecule has 1 aliphatic heterocycles. The minimum absolute atomic E-state index is 0.0195. The highest BCUT2D eigenvalue weighted by Gasteiger charge is 2.41. The summed E-state index contributed by atoms with van der Waals surface area (Å²) >= 11 is 0. The molecule has 1 aliphatic rings. The summed E-state index contributed by atoms with van der Waals surface area (Å²) in [6.07, 6.45) is 1.04. The summed E-state index contributed by atoms with van der Waals surface area (Å²) in [5.41, 5.74) is 0.398. The molecule has 0 spiro atoms. The molecule has 1 heterocycles. The Morgan fingerprint density at radius 3 is 2.43 bits per heavy atom. The Morgan fingerprint density at radius 1 is 1.14 bits per heavy atom. The van der Waals surface area contributed by atoms with Crippen LogP contribution in [0.4, 0.5) is 13.6 Å². The number of aliphatic hydroxyl groups excluding tert-OH is 1. The highest BCUT2D eigenvalue weighted by molar-refractivity contribution is 5.81. The Morgan fingerprint density at radius 2 is 1.82 bits per heavy atom. The molecule has 2 unspecified atom stereocenters. The van der Waals surface area contributed by atoms with E-state index < -0.39 is 42.0 Å². The van der Waals surface area contributed by atoms with Crippen molar-refractivity contribution in [3.05, 3.63) is 77.4 Å². The van der Waals surface area contributed by atoms with Crippen LogP contribution in [-0.4, -0.2) is 34.3 Å². The second-order valence-corrected chi connectivity index (χ2v) is 7.69. The van der Waals surface area contributed by atoms with E-state index in [2.05, 4.69) is 0 Å². The number of ether oxygens (including phenoxy) is 1. The van der Waals surface area contributed by atoms with Crippen LogP contribution in [-0.2, 0) is 4.74 Å². The van der Waals surface area contributed by atoms with Crippen molar-refractivity contribution in [2.75, 3.05) is 6.61 Å². The lowest BCUT2D eigenvalue weighted by atomic mass is 9.99. The van der Waals surface area contributed by atoms with E-state index in [4.69, 9.17) is 4.74 Å². The lowest BCUT2D eigenvalue weighted by molar-refractivity contribution is 0.0121. The van der Waals surface area contributed by atoms with Crippen molar-refractivity contribution in [2.24, 2.45) is 0 Å². The molecule has 0 aliphatic carbocycles. The fourth-order valence-electron chi connectivity index (χ4n) is 3.34. The van der Waals surface area contributed by atoms with E-state index in [0.29, 0.717) is 5.57 Å². The van der Waals surface area contributed by atoms with E-state index >= 15 is 0 Å². The first-order chi connectivity index (χ1) is 13.2. The number of aliphatic hydroxyl groups is 1. The van der Waals surface area contributed by atoms with Gasteiger partial charge in [-0.3, -0.25) is 4.90 Å². The molecule has 0 bridgehead atoms. The van der Waals surface area contributed by atoms with Gasteiger partial charge in [-0.15, -0.1) is 0 Å². The fourth-order valence-corrected chi connectivity index (χ4v) is 3.34. The maximum absolute atomic E-state index is 14.4. The molecule has 4 nitrogen and oxygen atoms in total. The Balaban J connectivity index is 2.10. The smallest absolute Gasteiger partial charge is 0.411 e. The third kappa shape index (κ3) is 4.07. The second kappa shape index (κ2) is 7.72. The molecule has 0 saturated heterocycles. The van der Waals surface area contributed by atoms with Crippen LogP contribution >= 0.6 is 0 Å². The number of rotatable bonds is 3. The van der Waals surface area contributed by atoms with E-state index in [1.54, 1.807) is 26.8 Å². The van der Waals surface area contributed by atoms with E-state index in [9.17, 15) is 18.7 Å². The SMILES string of the molecule is CC(C)(C)OC(=O)N1C(CO)C(c2cc(F)ccc2F)=CC1c1ccccc1. The van der Waals surface area contributed by atoms with Crippen LogP contribution in [0, 0.1) is 11.6 Å². The zero-order chi connectivity index (χ0) is 20.5. The van der Waals surface area contributed by atoms with Crippen molar-refractivity contribution in [1.29, 1.82) is 0 Å². The van der Waals surface area contributed by atoms with Gasteiger partial charge in [0.2, 0.25) is 0 Å². The molecule has 0 aromatic heterocycles. The van der Waals surface area contributed by atoms with Crippen molar-refractivity contribution in [3.63, 3.8) is 0 Å². The van der Waals surface area contributed by atoms with Crippen LogP contribution in [0.5, 0.6) is 0 Å². The molecular weight excluding hydrogens is 364 g/mol. The largest absolute Gasteiger partial charge is 0.444 e. The summed E-state index contributed by atoms with van der Waals surface area (Å²) in [7, 11) is 0. The molecule has 0 fully saturated rings. The quantitative estimate of drug-likeness (QED) is 0.830. The van der Waals surface area contributed by atoms with Gasteiger partial charge in [0, 0.05) is 5.56 Å². The van der Waals surface area contributed by atoms with Gasteiger partial charge in [-0.25, -0.2) is 13.6 Å². The lowest BCUT2D eigenvalue weighted by Crippen LogP contribution is -2.44. The van der Waals surface area contributed by atoms with Crippen molar-refractivity contribution >= 4 is 11.7 Å². The average molecular weight is 387 g/mol. The summed E-state index contributed by atoms with van der Waals surface area (Å²) in [6.45, 7) is 4.78. The predicted octanol–water partition coefficient (Wildman–Crippen LogP) is 4.70. The third-order valence-electron chi connectivity index (χ3n) is 4.49. The van der Waals surface area contributed by atoms with Crippen molar-refractivity contribution in [3.8, 4) is 0 Å². The molecule has 1 N–H and O–H groups in total. The molecule has 148 valence electrons. The van der Waals surface area contributed by atoms with Crippen molar-refractivity contribution in [2.45, 2.75) is 38.5 Å². The van der Waals surface area contributed by atoms with Gasteiger partial charge in [0.05, 0.1) is 18.7 Å².